The summed E-state index contributed by atoms with van der Waals surface area (Å²) in [7, 11) is 2.14. The lowest BCUT2D eigenvalue weighted by Gasteiger charge is -2.28. The number of likely N-dealkylation sites (N-methyl/N-ethyl adjacent to an activating group) is 1. The van der Waals surface area contributed by atoms with E-state index in [2.05, 4.69) is 60.5 Å². The molecule has 0 aromatic heterocycles. The van der Waals surface area contributed by atoms with Crippen LogP contribution in [0.5, 0.6) is 0 Å². The number of nitrogens with zero attached hydrogens (tertiary/aromatic N) is 1. The SMILES string of the molecule is CN1CCOC(c2ccccc2)c2ccccc2C1.[Cl-]. The van der Waals surface area contributed by atoms with Gasteiger partial charge in [-0.3, -0.25) is 4.90 Å². The Bertz CT molecular complexity index is 544. The van der Waals surface area contributed by atoms with Crippen LogP contribution in [0.2, 0.25) is 0 Å². The van der Waals surface area contributed by atoms with Gasteiger partial charge >= 0.3 is 0 Å². The third-order valence-electron chi connectivity index (χ3n) is 3.64. The summed E-state index contributed by atoms with van der Waals surface area (Å²) >= 11 is 0. The molecule has 1 aliphatic rings. The highest BCUT2D eigenvalue weighted by Crippen LogP contribution is 2.30. The Morgan fingerprint density at radius 2 is 1.70 bits per heavy atom. The van der Waals surface area contributed by atoms with Gasteiger partial charge < -0.3 is 17.1 Å². The lowest BCUT2D eigenvalue weighted by atomic mass is 9.96. The van der Waals surface area contributed by atoms with E-state index in [0.29, 0.717) is 0 Å². The molecular formula is C17H19ClNO-. The van der Waals surface area contributed by atoms with E-state index in [-0.39, 0.29) is 18.5 Å². The third-order valence-corrected chi connectivity index (χ3v) is 3.64. The zero-order valence-corrected chi connectivity index (χ0v) is 12.4. The summed E-state index contributed by atoms with van der Waals surface area (Å²) in [6.07, 6.45) is 0.0612. The molecule has 3 heteroatoms. The fourth-order valence-corrected chi connectivity index (χ4v) is 2.62. The van der Waals surface area contributed by atoms with E-state index in [1.165, 1.54) is 16.7 Å². The molecule has 2 aromatic carbocycles. The minimum Gasteiger partial charge on any atom is -1.00 e. The molecule has 2 aromatic rings. The molecule has 1 aliphatic heterocycles. The van der Waals surface area contributed by atoms with E-state index in [1.54, 1.807) is 0 Å². The maximum absolute atomic E-state index is 6.12. The van der Waals surface area contributed by atoms with Crippen LogP contribution >= 0.6 is 0 Å². The number of benzene rings is 2. The lowest BCUT2D eigenvalue weighted by Crippen LogP contribution is -3.00. The standard InChI is InChI=1S/C17H19NO.ClH/c1-18-11-12-19-17(14-7-3-2-4-8-14)16-10-6-5-9-15(16)13-18;/h2-10,17H,11-13H2,1H3;1H/p-1. The Morgan fingerprint density at radius 3 is 2.50 bits per heavy atom. The van der Waals surface area contributed by atoms with Gasteiger partial charge in [0.15, 0.2) is 0 Å². The maximum atomic E-state index is 6.12. The fourth-order valence-electron chi connectivity index (χ4n) is 2.62. The van der Waals surface area contributed by atoms with Gasteiger partial charge in [0.2, 0.25) is 0 Å². The van der Waals surface area contributed by atoms with Crippen molar-refractivity contribution in [3.05, 3.63) is 71.3 Å². The van der Waals surface area contributed by atoms with E-state index in [9.17, 15) is 0 Å². The van der Waals surface area contributed by atoms with Gasteiger partial charge in [-0.25, -0.2) is 0 Å². The van der Waals surface area contributed by atoms with Crippen molar-refractivity contribution >= 4 is 0 Å². The minimum absolute atomic E-state index is 0. The van der Waals surface area contributed by atoms with E-state index >= 15 is 0 Å². The summed E-state index contributed by atoms with van der Waals surface area (Å²) < 4.78 is 6.12. The van der Waals surface area contributed by atoms with Crippen molar-refractivity contribution in [2.75, 3.05) is 20.2 Å². The second-order valence-corrected chi connectivity index (χ2v) is 5.10. The summed E-state index contributed by atoms with van der Waals surface area (Å²) in [6, 6.07) is 19.1. The van der Waals surface area contributed by atoms with Gasteiger partial charge in [0.05, 0.1) is 6.61 Å². The molecule has 1 unspecified atom stereocenters. The van der Waals surface area contributed by atoms with Crippen molar-refractivity contribution in [3.8, 4) is 0 Å². The van der Waals surface area contributed by atoms with Crippen LogP contribution in [-0.2, 0) is 11.3 Å². The summed E-state index contributed by atoms with van der Waals surface area (Å²) in [5.74, 6) is 0. The Kier molecular flexibility index (Phi) is 5.18. The van der Waals surface area contributed by atoms with Crippen molar-refractivity contribution in [2.45, 2.75) is 12.6 Å². The van der Waals surface area contributed by atoms with Crippen molar-refractivity contribution in [1.29, 1.82) is 0 Å². The Labute approximate surface area is 126 Å². The van der Waals surface area contributed by atoms with Crippen molar-refractivity contribution < 1.29 is 17.1 Å². The first-order chi connectivity index (χ1) is 9.34. The van der Waals surface area contributed by atoms with Gasteiger partial charge in [0.1, 0.15) is 6.10 Å². The third kappa shape index (κ3) is 3.21. The smallest absolute Gasteiger partial charge is 0.108 e. The van der Waals surface area contributed by atoms with Gasteiger partial charge in [0, 0.05) is 13.1 Å². The van der Waals surface area contributed by atoms with E-state index in [1.807, 2.05) is 6.07 Å². The monoisotopic (exact) mass is 288 g/mol. The first kappa shape index (κ1) is 15.0. The molecule has 2 nitrogen and oxygen atoms in total. The predicted molar refractivity (Wildman–Crippen MR) is 77.0 cm³/mol. The van der Waals surface area contributed by atoms with Gasteiger partial charge in [-0.15, -0.1) is 0 Å². The largest absolute Gasteiger partial charge is 1.00 e. The second kappa shape index (κ2) is 6.89. The number of halogens is 1. The molecule has 0 amide bonds. The van der Waals surface area contributed by atoms with Gasteiger partial charge in [0.25, 0.3) is 0 Å². The normalized spacial score (nSPS) is 19.4. The highest BCUT2D eigenvalue weighted by Gasteiger charge is 2.20. The molecule has 0 N–H and O–H groups in total. The molecular weight excluding hydrogens is 270 g/mol. The molecule has 1 atom stereocenters. The van der Waals surface area contributed by atoms with Gasteiger partial charge in [-0.05, 0) is 23.7 Å². The second-order valence-electron chi connectivity index (χ2n) is 5.10. The highest BCUT2D eigenvalue weighted by molar-refractivity contribution is 5.36. The van der Waals surface area contributed by atoms with Crippen LogP contribution in [0.4, 0.5) is 0 Å². The molecule has 3 rings (SSSR count). The van der Waals surface area contributed by atoms with Crippen molar-refractivity contribution in [1.82, 2.24) is 4.90 Å². The van der Waals surface area contributed by atoms with E-state index < -0.39 is 0 Å². The first-order valence-corrected chi connectivity index (χ1v) is 6.77. The molecule has 1 heterocycles. The topological polar surface area (TPSA) is 12.5 Å². The van der Waals surface area contributed by atoms with Crippen molar-refractivity contribution in [3.63, 3.8) is 0 Å². The Hall–Kier alpha value is -1.35. The summed E-state index contributed by atoms with van der Waals surface area (Å²) in [5, 5.41) is 0. The number of hydrogen-bond acceptors (Lipinski definition) is 2. The van der Waals surface area contributed by atoms with Crippen LogP contribution in [0.15, 0.2) is 54.6 Å². The van der Waals surface area contributed by atoms with Crippen LogP contribution in [0.25, 0.3) is 0 Å². The maximum Gasteiger partial charge on any atom is 0.108 e. The zero-order valence-electron chi connectivity index (χ0n) is 11.6. The Morgan fingerprint density at radius 1 is 1.00 bits per heavy atom. The lowest BCUT2D eigenvalue weighted by molar-refractivity contribution is -0.00000555. The predicted octanol–water partition coefficient (Wildman–Crippen LogP) is 0.242. The average Bonchev–Trinajstić information content (AvgIpc) is 2.43. The first-order valence-electron chi connectivity index (χ1n) is 6.77. The van der Waals surface area contributed by atoms with E-state index in [0.717, 1.165) is 19.7 Å². The molecule has 106 valence electrons. The fraction of sp³-hybridized carbons (Fsp3) is 0.294. The molecule has 0 radical (unpaired) electrons. The number of fused-ring (bicyclic) bond motifs is 1. The van der Waals surface area contributed by atoms with Crippen molar-refractivity contribution in [2.24, 2.45) is 0 Å². The summed E-state index contributed by atoms with van der Waals surface area (Å²) in [5.41, 5.74) is 3.89. The van der Waals surface area contributed by atoms with Crippen LogP contribution in [-0.4, -0.2) is 25.1 Å². The zero-order chi connectivity index (χ0) is 13.1. The molecule has 0 spiro atoms. The number of hydrogen-bond donors (Lipinski definition) is 0. The van der Waals surface area contributed by atoms with E-state index in [4.69, 9.17) is 4.74 Å². The Balaban J connectivity index is 0.00000147. The van der Waals surface area contributed by atoms with Gasteiger partial charge in [-0.2, -0.15) is 0 Å². The van der Waals surface area contributed by atoms with Gasteiger partial charge in [-0.1, -0.05) is 54.6 Å². The molecule has 0 fully saturated rings. The number of ether oxygens (including phenoxy) is 1. The quantitative estimate of drug-likeness (QED) is 0.746. The molecule has 20 heavy (non-hydrogen) atoms. The van der Waals surface area contributed by atoms with Crippen LogP contribution in [0.3, 0.4) is 0 Å². The van der Waals surface area contributed by atoms with Crippen LogP contribution < -0.4 is 12.4 Å². The molecule has 0 saturated heterocycles. The highest BCUT2D eigenvalue weighted by atomic mass is 35.5. The molecule has 0 aliphatic carbocycles. The number of rotatable bonds is 1. The van der Waals surface area contributed by atoms with Crippen LogP contribution in [0, 0.1) is 0 Å². The molecule has 0 saturated carbocycles. The van der Waals surface area contributed by atoms with Crippen LogP contribution in [0.1, 0.15) is 22.8 Å². The molecule has 0 bridgehead atoms. The summed E-state index contributed by atoms with van der Waals surface area (Å²) in [4.78, 5) is 2.31. The summed E-state index contributed by atoms with van der Waals surface area (Å²) in [6.45, 7) is 2.73. The minimum atomic E-state index is 0. The average molecular weight is 289 g/mol.